The van der Waals surface area contributed by atoms with Crippen LogP contribution >= 0.6 is 0 Å². The van der Waals surface area contributed by atoms with Crippen LogP contribution in [-0.4, -0.2) is 30.9 Å². The summed E-state index contributed by atoms with van der Waals surface area (Å²) in [5.74, 6) is -0.0152. The number of hydrogen-bond acceptors (Lipinski definition) is 3. The maximum atomic E-state index is 12.0. The summed E-state index contributed by atoms with van der Waals surface area (Å²) in [5, 5.41) is 8.97. The predicted molar refractivity (Wildman–Crippen MR) is 72.1 cm³/mol. The Hall–Kier alpha value is -2.04. The van der Waals surface area contributed by atoms with Gasteiger partial charge in [0, 0.05) is 36.8 Å². The van der Waals surface area contributed by atoms with E-state index in [1.165, 1.54) is 5.56 Å². The van der Waals surface area contributed by atoms with Gasteiger partial charge < -0.3 is 16.0 Å². The largest absolute Gasteiger partial charge is 0.384 e. The third kappa shape index (κ3) is 2.54. The van der Waals surface area contributed by atoms with Crippen LogP contribution in [0, 0.1) is 0 Å². The molecule has 5 nitrogen and oxygen atoms in total. The first kappa shape index (κ1) is 12.0. The Kier molecular flexibility index (Phi) is 3.11. The lowest BCUT2D eigenvalue weighted by molar-refractivity contribution is -0.119. The topological polar surface area (TPSA) is 70.2 Å². The van der Waals surface area contributed by atoms with Gasteiger partial charge in [0.05, 0.1) is 0 Å². The van der Waals surface area contributed by atoms with E-state index in [1.54, 1.807) is 0 Å². The van der Waals surface area contributed by atoms with Gasteiger partial charge in [-0.15, -0.1) is 0 Å². The summed E-state index contributed by atoms with van der Waals surface area (Å²) < 4.78 is 0. The predicted octanol–water partition coefficient (Wildman–Crippen LogP) is 0.663. The van der Waals surface area contributed by atoms with E-state index < -0.39 is 0 Å². The highest BCUT2D eigenvalue weighted by Crippen LogP contribution is 2.23. The number of benzene rings is 1. The number of nitrogens with one attached hydrogen (secondary N) is 3. The molecule has 1 aromatic carbocycles. The second-order valence-corrected chi connectivity index (χ2v) is 5.06. The van der Waals surface area contributed by atoms with Crippen molar-refractivity contribution in [3.05, 3.63) is 29.3 Å². The molecule has 1 saturated heterocycles. The minimum Gasteiger partial charge on any atom is -0.384 e. The van der Waals surface area contributed by atoms with Crippen LogP contribution < -0.4 is 16.0 Å². The Bertz CT molecular complexity index is 527. The van der Waals surface area contributed by atoms with Crippen molar-refractivity contribution >= 4 is 17.5 Å². The molecule has 0 aliphatic carbocycles. The fourth-order valence-electron chi connectivity index (χ4n) is 2.58. The Morgan fingerprint density at radius 3 is 3.05 bits per heavy atom. The van der Waals surface area contributed by atoms with Crippen LogP contribution in [0.15, 0.2) is 18.2 Å². The average molecular weight is 259 g/mol. The quantitative estimate of drug-likeness (QED) is 0.747. The van der Waals surface area contributed by atoms with Crippen LogP contribution in [0.1, 0.15) is 28.8 Å². The van der Waals surface area contributed by atoms with Gasteiger partial charge in [0.1, 0.15) is 0 Å². The summed E-state index contributed by atoms with van der Waals surface area (Å²) in [6.45, 7) is 1.43. The van der Waals surface area contributed by atoms with Crippen molar-refractivity contribution in [1.82, 2.24) is 10.6 Å². The second-order valence-electron chi connectivity index (χ2n) is 5.06. The number of amides is 2. The molecule has 0 aromatic heterocycles. The van der Waals surface area contributed by atoms with Crippen molar-refractivity contribution in [2.24, 2.45) is 0 Å². The fraction of sp³-hybridized carbons (Fsp3) is 0.429. The first-order valence-corrected chi connectivity index (χ1v) is 6.67. The lowest BCUT2D eigenvalue weighted by Gasteiger charge is -2.11. The van der Waals surface area contributed by atoms with Gasteiger partial charge in [-0.25, -0.2) is 0 Å². The maximum absolute atomic E-state index is 12.0. The number of fused-ring (bicyclic) bond motifs is 1. The van der Waals surface area contributed by atoms with E-state index >= 15 is 0 Å². The lowest BCUT2D eigenvalue weighted by Crippen LogP contribution is -2.38. The highest BCUT2D eigenvalue weighted by molar-refractivity contribution is 5.95. The van der Waals surface area contributed by atoms with Crippen LogP contribution in [0.2, 0.25) is 0 Å². The molecule has 5 heteroatoms. The molecule has 1 fully saturated rings. The van der Waals surface area contributed by atoms with E-state index in [0.29, 0.717) is 18.5 Å². The van der Waals surface area contributed by atoms with Crippen LogP contribution in [-0.2, 0) is 11.2 Å². The molecule has 19 heavy (non-hydrogen) atoms. The zero-order valence-corrected chi connectivity index (χ0v) is 10.7. The molecule has 0 spiro atoms. The Labute approximate surface area is 111 Å². The molecular formula is C14H17N3O2. The number of anilines is 1. The number of rotatable bonds is 3. The van der Waals surface area contributed by atoms with Gasteiger partial charge in [-0.1, -0.05) is 6.07 Å². The van der Waals surface area contributed by atoms with E-state index in [2.05, 4.69) is 16.0 Å². The van der Waals surface area contributed by atoms with Crippen LogP contribution in [0.4, 0.5) is 5.69 Å². The van der Waals surface area contributed by atoms with E-state index in [-0.39, 0.29) is 17.9 Å². The Morgan fingerprint density at radius 2 is 2.26 bits per heavy atom. The van der Waals surface area contributed by atoms with Crippen molar-refractivity contribution < 1.29 is 9.59 Å². The zero-order chi connectivity index (χ0) is 13.2. The van der Waals surface area contributed by atoms with E-state index in [0.717, 1.165) is 25.1 Å². The highest BCUT2D eigenvalue weighted by Gasteiger charge is 2.21. The fourth-order valence-corrected chi connectivity index (χ4v) is 2.58. The molecule has 2 amide bonds. The molecule has 2 aliphatic rings. The van der Waals surface area contributed by atoms with E-state index in [4.69, 9.17) is 0 Å². The van der Waals surface area contributed by atoms with Crippen LogP contribution in [0.5, 0.6) is 0 Å². The molecule has 0 saturated carbocycles. The van der Waals surface area contributed by atoms with Crippen LogP contribution in [0.25, 0.3) is 0 Å². The van der Waals surface area contributed by atoms with Crippen molar-refractivity contribution in [3.63, 3.8) is 0 Å². The van der Waals surface area contributed by atoms with E-state index in [1.807, 2.05) is 18.2 Å². The number of hydrogen-bond donors (Lipinski definition) is 3. The minimum absolute atomic E-state index is 0.0704. The maximum Gasteiger partial charge on any atom is 0.251 e. The molecule has 2 aliphatic heterocycles. The van der Waals surface area contributed by atoms with Gasteiger partial charge in [0.15, 0.2) is 0 Å². The molecule has 1 aromatic rings. The highest BCUT2D eigenvalue weighted by atomic mass is 16.2. The van der Waals surface area contributed by atoms with Crippen molar-refractivity contribution in [2.45, 2.75) is 25.3 Å². The summed E-state index contributed by atoms with van der Waals surface area (Å²) in [5.41, 5.74) is 2.99. The number of carbonyl (C=O) groups excluding carboxylic acids is 2. The monoisotopic (exact) mass is 259 g/mol. The van der Waals surface area contributed by atoms with Gasteiger partial charge in [-0.2, -0.15) is 0 Å². The first-order chi connectivity index (χ1) is 9.22. The molecule has 3 rings (SSSR count). The molecule has 0 bridgehead atoms. The molecule has 2 heterocycles. The van der Waals surface area contributed by atoms with Crippen molar-refractivity contribution in [2.75, 3.05) is 18.4 Å². The van der Waals surface area contributed by atoms with E-state index in [9.17, 15) is 9.59 Å². The molecule has 3 N–H and O–H groups in total. The van der Waals surface area contributed by atoms with Gasteiger partial charge in [0.25, 0.3) is 5.91 Å². The van der Waals surface area contributed by atoms with Gasteiger partial charge in [0.2, 0.25) is 5.91 Å². The standard InChI is InChI=1S/C14H17N3O2/c18-13-4-3-11(17-13)8-16-14(19)10-2-1-9-5-6-15-12(9)7-10/h1-2,7,11,15H,3-6,8H2,(H,16,19)(H,17,18). The average Bonchev–Trinajstić information content (AvgIpc) is 3.03. The summed E-state index contributed by atoms with van der Waals surface area (Å²) in [7, 11) is 0. The Balaban J connectivity index is 1.59. The van der Waals surface area contributed by atoms with Crippen molar-refractivity contribution in [1.29, 1.82) is 0 Å². The number of carbonyl (C=O) groups is 2. The molecule has 0 radical (unpaired) electrons. The minimum atomic E-state index is -0.0855. The summed E-state index contributed by atoms with van der Waals surface area (Å²) in [6.07, 6.45) is 2.37. The smallest absolute Gasteiger partial charge is 0.251 e. The van der Waals surface area contributed by atoms with Crippen LogP contribution in [0.3, 0.4) is 0 Å². The molecular weight excluding hydrogens is 242 g/mol. The van der Waals surface area contributed by atoms with Gasteiger partial charge in [-0.3, -0.25) is 9.59 Å². The SMILES string of the molecule is O=C1CCC(CNC(=O)c2ccc3c(c2)NCC3)N1. The normalized spacial score (nSPS) is 20.6. The Morgan fingerprint density at radius 1 is 1.37 bits per heavy atom. The summed E-state index contributed by atoms with van der Waals surface area (Å²) in [6, 6.07) is 5.82. The molecule has 1 unspecified atom stereocenters. The van der Waals surface area contributed by atoms with Crippen molar-refractivity contribution in [3.8, 4) is 0 Å². The lowest BCUT2D eigenvalue weighted by atomic mass is 10.1. The second kappa shape index (κ2) is 4.91. The summed E-state index contributed by atoms with van der Waals surface area (Å²) in [4.78, 5) is 23.1. The molecule has 100 valence electrons. The first-order valence-electron chi connectivity index (χ1n) is 6.67. The third-order valence-corrected chi connectivity index (χ3v) is 3.68. The zero-order valence-electron chi connectivity index (χ0n) is 10.7. The molecule has 1 atom stereocenters. The summed E-state index contributed by atoms with van der Waals surface area (Å²) >= 11 is 0. The van der Waals surface area contributed by atoms with Gasteiger partial charge in [-0.05, 0) is 30.5 Å². The van der Waals surface area contributed by atoms with Gasteiger partial charge >= 0.3 is 0 Å². The third-order valence-electron chi connectivity index (χ3n) is 3.68.